The second-order valence-electron chi connectivity index (χ2n) is 4.09. The molecule has 0 saturated carbocycles. The molecule has 4 N–H and O–H groups in total. The molecule has 0 unspecified atom stereocenters. The van der Waals surface area contributed by atoms with E-state index in [1.807, 2.05) is 0 Å². The number of amides is 1. The van der Waals surface area contributed by atoms with Crippen LogP contribution in [0.3, 0.4) is 0 Å². The molecule has 1 aromatic rings. The van der Waals surface area contributed by atoms with Gasteiger partial charge in [-0.25, -0.2) is 0 Å². The van der Waals surface area contributed by atoms with Crippen LogP contribution in [0.2, 0.25) is 0 Å². The van der Waals surface area contributed by atoms with Gasteiger partial charge in [-0.3, -0.25) is 9.59 Å². The van der Waals surface area contributed by atoms with E-state index >= 15 is 0 Å². The topological polar surface area (TPSA) is 132 Å². The van der Waals surface area contributed by atoms with Crippen molar-refractivity contribution >= 4 is 35.0 Å². The summed E-state index contributed by atoms with van der Waals surface area (Å²) in [4.78, 5) is 22.0. The molecule has 0 spiro atoms. The summed E-state index contributed by atoms with van der Waals surface area (Å²) in [5.74, 6) is -1.73. The Morgan fingerprint density at radius 2 is 2.19 bits per heavy atom. The van der Waals surface area contributed by atoms with Gasteiger partial charge in [0.1, 0.15) is 16.7 Å². The number of benzene rings is 1. The van der Waals surface area contributed by atoms with Crippen molar-refractivity contribution in [2.24, 2.45) is 10.2 Å². The lowest BCUT2D eigenvalue weighted by molar-refractivity contribution is -0.138. The molecule has 1 atom stereocenters. The summed E-state index contributed by atoms with van der Waals surface area (Å²) >= 11 is 0.981. The van der Waals surface area contributed by atoms with Crippen molar-refractivity contribution in [3.05, 3.63) is 23.8 Å². The first-order chi connectivity index (χ1) is 9.95. The fraction of sp³-hybridized carbons (Fsp3) is 0.167. The highest BCUT2D eigenvalue weighted by Crippen LogP contribution is 2.23. The lowest BCUT2D eigenvalue weighted by Crippen LogP contribution is -2.26. The van der Waals surface area contributed by atoms with Crippen molar-refractivity contribution in [3.8, 4) is 11.5 Å². The Kier molecular flexibility index (Phi) is 4.43. The van der Waals surface area contributed by atoms with E-state index in [0.717, 1.165) is 17.8 Å². The number of rotatable bonds is 4. The maximum atomic E-state index is 11.4. The largest absolute Gasteiger partial charge is 0.508 e. The summed E-state index contributed by atoms with van der Waals surface area (Å²) in [6.07, 6.45) is 0.955. The lowest BCUT2D eigenvalue weighted by Gasteiger charge is -1.98. The number of carbonyl (C=O) groups is 2. The molecule has 1 heterocycles. The highest BCUT2D eigenvalue weighted by molar-refractivity contribution is 8.15. The SMILES string of the molecule is O=C(O)C[C@@H]1S/C(=N\N=C/c2ccc(O)cc2O)NC1=O. The smallest absolute Gasteiger partial charge is 0.305 e. The molecule has 1 aliphatic heterocycles. The van der Waals surface area contributed by atoms with Gasteiger partial charge < -0.3 is 20.6 Å². The monoisotopic (exact) mass is 309 g/mol. The number of phenols is 2. The Balaban J connectivity index is 2.03. The summed E-state index contributed by atoms with van der Waals surface area (Å²) in [6.45, 7) is 0. The second-order valence-corrected chi connectivity index (χ2v) is 5.28. The first kappa shape index (κ1) is 14.9. The Labute approximate surface area is 123 Å². The number of aliphatic carboxylic acids is 1. The molecule has 0 bridgehead atoms. The zero-order valence-electron chi connectivity index (χ0n) is 10.6. The number of carboxylic acids is 1. The minimum atomic E-state index is -1.07. The number of carbonyl (C=O) groups excluding carboxylic acids is 1. The highest BCUT2D eigenvalue weighted by Gasteiger charge is 2.32. The molecule has 0 aromatic heterocycles. The van der Waals surface area contributed by atoms with E-state index in [0.29, 0.717) is 5.56 Å². The van der Waals surface area contributed by atoms with Crippen LogP contribution in [0.25, 0.3) is 0 Å². The van der Waals surface area contributed by atoms with Gasteiger partial charge in [0.15, 0.2) is 5.17 Å². The van der Waals surface area contributed by atoms with Crippen LogP contribution >= 0.6 is 11.8 Å². The van der Waals surface area contributed by atoms with Crippen LogP contribution in [0.5, 0.6) is 11.5 Å². The average molecular weight is 309 g/mol. The number of carboxylic acid groups (broad SMARTS) is 1. The number of thioether (sulfide) groups is 1. The second kappa shape index (κ2) is 6.27. The zero-order chi connectivity index (χ0) is 15.4. The third kappa shape index (κ3) is 3.96. The molecular formula is C12H11N3O5S. The number of nitrogens with zero attached hydrogens (tertiary/aromatic N) is 2. The molecule has 110 valence electrons. The molecule has 1 saturated heterocycles. The third-order valence-corrected chi connectivity index (χ3v) is 3.57. The van der Waals surface area contributed by atoms with Gasteiger partial charge in [-0.15, -0.1) is 5.10 Å². The normalized spacial score (nSPS) is 20.1. The molecule has 2 rings (SSSR count). The van der Waals surface area contributed by atoms with E-state index in [1.165, 1.54) is 18.3 Å². The quantitative estimate of drug-likeness (QED) is 0.473. The van der Waals surface area contributed by atoms with Crippen molar-refractivity contribution in [2.45, 2.75) is 11.7 Å². The van der Waals surface area contributed by atoms with E-state index in [-0.39, 0.29) is 23.1 Å². The molecule has 0 aliphatic carbocycles. The molecule has 8 nitrogen and oxygen atoms in total. The molecule has 1 aromatic carbocycles. The van der Waals surface area contributed by atoms with Crippen LogP contribution in [-0.2, 0) is 9.59 Å². The zero-order valence-corrected chi connectivity index (χ0v) is 11.4. The van der Waals surface area contributed by atoms with Gasteiger partial charge in [0.05, 0.1) is 12.6 Å². The van der Waals surface area contributed by atoms with Gasteiger partial charge in [-0.2, -0.15) is 5.10 Å². The summed E-state index contributed by atoms with van der Waals surface area (Å²) < 4.78 is 0. The van der Waals surface area contributed by atoms with Crippen molar-refractivity contribution in [3.63, 3.8) is 0 Å². The molecule has 1 aliphatic rings. The van der Waals surface area contributed by atoms with Crippen LogP contribution in [-0.4, -0.2) is 43.8 Å². The summed E-state index contributed by atoms with van der Waals surface area (Å²) in [5.41, 5.74) is 0.341. The Morgan fingerprint density at radius 3 is 2.86 bits per heavy atom. The first-order valence-electron chi connectivity index (χ1n) is 5.78. The van der Waals surface area contributed by atoms with E-state index in [4.69, 9.17) is 10.2 Å². The van der Waals surface area contributed by atoms with Gasteiger partial charge in [0, 0.05) is 11.6 Å². The summed E-state index contributed by atoms with van der Waals surface area (Å²) in [6, 6.07) is 3.98. The fourth-order valence-corrected chi connectivity index (χ4v) is 2.45. The molecular weight excluding hydrogens is 298 g/mol. The van der Waals surface area contributed by atoms with E-state index in [1.54, 1.807) is 0 Å². The minimum absolute atomic E-state index is 0.0777. The molecule has 1 fully saturated rings. The molecule has 9 heteroatoms. The number of nitrogens with one attached hydrogen (secondary N) is 1. The van der Waals surface area contributed by atoms with E-state index in [2.05, 4.69) is 15.5 Å². The number of hydrogen-bond acceptors (Lipinski definition) is 7. The molecule has 0 radical (unpaired) electrons. The van der Waals surface area contributed by atoms with Gasteiger partial charge in [0.2, 0.25) is 5.91 Å². The van der Waals surface area contributed by atoms with Gasteiger partial charge >= 0.3 is 5.97 Å². The van der Waals surface area contributed by atoms with Crippen LogP contribution in [0.15, 0.2) is 28.4 Å². The highest BCUT2D eigenvalue weighted by atomic mass is 32.2. The minimum Gasteiger partial charge on any atom is -0.508 e. The van der Waals surface area contributed by atoms with Crippen molar-refractivity contribution in [2.75, 3.05) is 0 Å². The van der Waals surface area contributed by atoms with Crippen molar-refractivity contribution in [1.29, 1.82) is 0 Å². The van der Waals surface area contributed by atoms with Crippen molar-refractivity contribution in [1.82, 2.24) is 5.32 Å². The van der Waals surface area contributed by atoms with Gasteiger partial charge in [-0.1, -0.05) is 11.8 Å². The Bertz CT molecular complexity index is 644. The fourth-order valence-electron chi connectivity index (χ4n) is 1.53. The Morgan fingerprint density at radius 1 is 1.43 bits per heavy atom. The third-order valence-electron chi connectivity index (χ3n) is 2.50. The standard InChI is InChI=1S/C12H11N3O5S/c16-7-2-1-6(8(17)3-7)5-13-15-12-14-11(20)9(21-12)4-10(18)19/h1-3,5,9,16-17H,4H2,(H,18,19)(H,14,15,20)/b13-5-/t9-/m0/s1. The van der Waals surface area contributed by atoms with Crippen LogP contribution < -0.4 is 5.32 Å². The number of amidine groups is 1. The molecule has 21 heavy (non-hydrogen) atoms. The van der Waals surface area contributed by atoms with Gasteiger partial charge in [0.25, 0.3) is 0 Å². The number of phenolic OH excluding ortho intramolecular Hbond substituents is 2. The van der Waals surface area contributed by atoms with Crippen molar-refractivity contribution < 1.29 is 24.9 Å². The number of aromatic hydroxyl groups is 2. The van der Waals surface area contributed by atoms with Crippen LogP contribution in [0, 0.1) is 0 Å². The Hall–Kier alpha value is -2.55. The number of hydrogen-bond donors (Lipinski definition) is 4. The average Bonchev–Trinajstić information content (AvgIpc) is 2.72. The van der Waals surface area contributed by atoms with Crippen LogP contribution in [0.1, 0.15) is 12.0 Å². The van der Waals surface area contributed by atoms with E-state index < -0.39 is 17.1 Å². The maximum Gasteiger partial charge on any atom is 0.305 e. The molecule has 1 amide bonds. The summed E-state index contributed by atoms with van der Waals surface area (Å²) in [5, 5.41) is 36.6. The predicted molar refractivity (Wildman–Crippen MR) is 76.6 cm³/mol. The van der Waals surface area contributed by atoms with E-state index in [9.17, 15) is 14.7 Å². The van der Waals surface area contributed by atoms with Crippen LogP contribution in [0.4, 0.5) is 0 Å². The lowest BCUT2D eigenvalue weighted by atomic mass is 10.2. The van der Waals surface area contributed by atoms with Gasteiger partial charge in [-0.05, 0) is 12.1 Å². The first-order valence-corrected chi connectivity index (χ1v) is 6.66. The maximum absolute atomic E-state index is 11.4. The predicted octanol–water partition coefficient (Wildman–Crippen LogP) is 0.494. The summed E-state index contributed by atoms with van der Waals surface area (Å²) in [7, 11) is 0.